The Morgan fingerprint density at radius 2 is 1.96 bits per heavy atom. The number of aryl methyl sites for hydroxylation is 1. The molecule has 0 atom stereocenters. The molecule has 1 heterocycles. The zero-order chi connectivity index (χ0) is 16.2. The highest BCUT2D eigenvalue weighted by Gasteiger charge is 2.04. The van der Waals surface area contributed by atoms with Crippen LogP contribution >= 0.6 is 0 Å². The quantitative estimate of drug-likeness (QED) is 0.758. The molecule has 4 nitrogen and oxygen atoms in total. The van der Waals surface area contributed by atoms with Crippen molar-refractivity contribution in [1.29, 1.82) is 0 Å². The molecule has 0 aliphatic carbocycles. The average molecular weight is 307 g/mol. The molecule has 0 aliphatic rings. The second-order valence-corrected chi connectivity index (χ2v) is 5.68. The number of nitrogen functional groups attached to an aromatic ring is 1. The van der Waals surface area contributed by atoms with Gasteiger partial charge in [0.05, 0.1) is 5.52 Å². The predicted molar refractivity (Wildman–Crippen MR) is 94.4 cm³/mol. The van der Waals surface area contributed by atoms with Crippen molar-refractivity contribution >= 4 is 16.7 Å². The van der Waals surface area contributed by atoms with Crippen molar-refractivity contribution in [2.24, 2.45) is 0 Å². The summed E-state index contributed by atoms with van der Waals surface area (Å²) < 4.78 is 5.90. The summed E-state index contributed by atoms with van der Waals surface area (Å²) in [7, 11) is 1.93. The summed E-state index contributed by atoms with van der Waals surface area (Å²) in [4.78, 5) is 4.40. The number of rotatable bonds is 5. The zero-order valence-electron chi connectivity index (χ0n) is 13.5. The van der Waals surface area contributed by atoms with Crippen LogP contribution in [0.3, 0.4) is 0 Å². The lowest BCUT2D eigenvalue weighted by Gasteiger charge is -2.10. The van der Waals surface area contributed by atoms with Gasteiger partial charge in [0.2, 0.25) is 0 Å². The fraction of sp³-hybridized carbons (Fsp3) is 0.211. The summed E-state index contributed by atoms with van der Waals surface area (Å²) in [6.45, 7) is 3.38. The monoisotopic (exact) mass is 307 g/mol. The number of fused-ring (bicyclic) bond motifs is 1. The van der Waals surface area contributed by atoms with Crippen LogP contribution in [0.2, 0.25) is 0 Å². The Bertz CT molecular complexity index is 830. The first-order valence-corrected chi connectivity index (χ1v) is 7.68. The van der Waals surface area contributed by atoms with Gasteiger partial charge in [0.1, 0.15) is 18.2 Å². The van der Waals surface area contributed by atoms with Crippen molar-refractivity contribution < 1.29 is 4.74 Å². The first-order chi connectivity index (χ1) is 11.2. The number of nitrogens with two attached hydrogens (primary N) is 1. The van der Waals surface area contributed by atoms with Gasteiger partial charge in [0.15, 0.2) is 0 Å². The number of aromatic nitrogens is 1. The molecule has 0 amide bonds. The van der Waals surface area contributed by atoms with E-state index >= 15 is 0 Å². The fourth-order valence-electron chi connectivity index (χ4n) is 2.68. The van der Waals surface area contributed by atoms with Crippen LogP contribution < -0.4 is 15.8 Å². The molecule has 4 heteroatoms. The van der Waals surface area contributed by atoms with Gasteiger partial charge in [-0.05, 0) is 54.9 Å². The molecule has 2 aromatic carbocycles. The van der Waals surface area contributed by atoms with Crippen LogP contribution in [0.15, 0.2) is 48.5 Å². The topological polar surface area (TPSA) is 60.2 Å². The summed E-state index contributed by atoms with van der Waals surface area (Å²) in [5.41, 5.74) is 10.2. The zero-order valence-corrected chi connectivity index (χ0v) is 13.5. The van der Waals surface area contributed by atoms with Gasteiger partial charge in [-0.25, -0.2) is 4.98 Å². The van der Waals surface area contributed by atoms with E-state index in [0.29, 0.717) is 12.4 Å². The molecule has 3 N–H and O–H groups in total. The van der Waals surface area contributed by atoms with Gasteiger partial charge in [-0.2, -0.15) is 0 Å². The third-order valence-corrected chi connectivity index (χ3v) is 3.79. The number of nitrogens with zero attached hydrogens (tertiary/aromatic N) is 1. The van der Waals surface area contributed by atoms with E-state index in [-0.39, 0.29) is 0 Å². The molecule has 0 unspecified atom stereocenters. The highest BCUT2D eigenvalue weighted by atomic mass is 16.5. The molecule has 1 aromatic heterocycles. The maximum atomic E-state index is 5.90. The van der Waals surface area contributed by atoms with Gasteiger partial charge < -0.3 is 15.8 Å². The molecule has 0 spiro atoms. The largest absolute Gasteiger partial charge is 0.489 e. The molecule has 0 fully saturated rings. The van der Waals surface area contributed by atoms with E-state index < -0.39 is 0 Å². The van der Waals surface area contributed by atoms with Crippen LogP contribution in [0.25, 0.3) is 10.9 Å². The SMILES string of the molecule is CNCc1cccc(OCc2ccc3c(C)cc(N)nc3c2)c1. The molecular formula is C19H21N3O. The maximum absolute atomic E-state index is 5.90. The summed E-state index contributed by atoms with van der Waals surface area (Å²) >= 11 is 0. The third kappa shape index (κ3) is 3.60. The summed E-state index contributed by atoms with van der Waals surface area (Å²) in [5, 5.41) is 4.26. The van der Waals surface area contributed by atoms with Gasteiger partial charge in [-0.15, -0.1) is 0 Å². The number of benzene rings is 2. The molecule has 3 rings (SSSR count). The Labute approximate surface area is 136 Å². The molecular weight excluding hydrogens is 286 g/mol. The first kappa shape index (κ1) is 15.3. The molecule has 0 aliphatic heterocycles. The van der Waals surface area contributed by atoms with Crippen molar-refractivity contribution in [2.45, 2.75) is 20.1 Å². The summed E-state index contributed by atoms with van der Waals surface area (Å²) in [5.74, 6) is 1.42. The minimum Gasteiger partial charge on any atom is -0.489 e. The van der Waals surface area contributed by atoms with Crippen molar-refractivity contribution in [3.8, 4) is 5.75 Å². The van der Waals surface area contributed by atoms with Gasteiger partial charge in [0, 0.05) is 11.9 Å². The van der Waals surface area contributed by atoms with E-state index in [1.54, 1.807) is 0 Å². The summed E-state index contributed by atoms with van der Waals surface area (Å²) in [6, 6.07) is 16.2. The van der Waals surface area contributed by atoms with Gasteiger partial charge in [-0.3, -0.25) is 0 Å². The molecule has 0 saturated carbocycles. The van der Waals surface area contributed by atoms with Crippen LogP contribution in [-0.4, -0.2) is 12.0 Å². The Kier molecular flexibility index (Phi) is 4.44. The molecule has 3 aromatic rings. The number of pyridine rings is 1. The third-order valence-electron chi connectivity index (χ3n) is 3.79. The fourth-order valence-corrected chi connectivity index (χ4v) is 2.68. The number of hydrogen-bond donors (Lipinski definition) is 2. The average Bonchev–Trinajstić information content (AvgIpc) is 2.53. The van der Waals surface area contributed by atoms with E-state index in [1.807, 2.05) is 38.2 Å². The molecule has 0 bridgehead atoms. The lowest BCUT2D eigenvalue weighted by Crippen LogP contribution is -2.05. The van der Waals surface area contributed by atoms with Crippen LogP contribution in [0.5, 0.6) is 5.75 Å². The van der Waals surface area contributed by atoms with Crippen molar-refractivity contribution in [1.82, 2.24) is 10.3 Å². The van der Waals surface area contributed by atoms with Crippen LogP contribution in [0.4, 0.5) is 5.82 Å². The Hall–Kier alpha value is -2.59. The van der Waals surface area contributed by atoms with Gasteiger partial charge >= 0.3 is 0 Å². The van der Waals surface area contributed by atoms with Crippen LogP contribution in [-0.2, 0) is 13.2 Å². The normalized spacial score (nSPS) is 10.9. The van der Waals surface area contributed by atoms with Crippen LogP contribution in [0.1, 0.15) is 16.7 Å². The highest BCUT2D eigenvalue weighted by molar-refractivity contribution is 5.84. The first-order valence-electron chi connectivity index (χ1n) is 7.68. The lowest BCUT2D eigenvalue weighted by molar-refractivity contribution is 0.306. The molecule has 0 radical (unpaired) electrons. The second-order valence-electron chi connectivity index (χ2n) is 5.68. The number of hydrogen-bond acceptors (Lipinski definition) is 4. The summed E-state index contributed by atoms with van der Waals surface area (Å²) in [6.07, 6.45) is 0. The smallest absolute Gasteiger partial charge is 0.124 e. The minimum atomic E-state index is 0.508. The Morgan fingerprint density at radius 1 is 1.09 bits per heavy atom. The molecule has 23 heavy (non-hydrogen) atoms. The van der Waals surface area contributed by atoms with E-state index in [4.69, 9.17) is 10.5 Å². The van der Waals surface area contributed by atoms with Gasteiger partial charge in [0.25, 0.3) is 0 Å². The van der Waals surface area contributed by atoms with E-state index in [9.17, 15) is 0 Å². The van der Waals surface area contributed by atoms with Crippen LogP contribution in [0, 0.1) is 6.92 Å². The second kappa shape index (κ2) is 6.67. The standard InChI is InChI=1S/C19H21N3O/c1-13-8-19(20)22-18-10-15(6-7-17(13)18)12-23-16-5-3-4-14(9-16)11-21-2/h3-10,21H,11-12H2,1-2H3,(H2,20,22). The van der Waals surface area contributed by atoms with E-state index in [1.165, 1.54) is 5.56 Å². The highest BCUT2D eigenvalue weighted by Crippen LogP contribution is 2.21. The Morgan fingerprint density at radius 3 is 2.78 bits per heavy atom. The van der Waals surface area contributed by atoms with E-state index in [2.05, 4.69) is 34.6 Å². The number of nitrogens with one attached hydrogen (secondary N) is 1. The predicted octanol–water partition coefficient (Wildman–Crippen LogP) is 3.42. The van der Waals surface area contributed by atoms with Crippen molar-refractivity contribution in [3.05, 3.63) is 65.2 Å². The number of anilines is 1. The maximum Gasteiger partial charge on any atom is 0.124 e. The van der Waals surface area contributed by atoms with Crippen molar-refractivity contribution in [2.75, 3.05) is 12.8 Å². The lowest BCUT2D eigenvalue weighted by atomic mass is 10.1. The minimum absolute atomic E-state index is 0.508. The van der Waals surface area contributed by atoms with Crippen molar-refractivity contribution in [3.63, 3.8) is 0 Å². The number of ether oxygens (including phenoxy) is 1. The Balaban J connectivity index is 1.78. The molecule has 0 saturated heterocycles. The van der Waals surface area contributed by atoms with Gasteiger partial charge in [-0.1, -0.05) is 24.3 Å². The van der Waals surface area contributed by atoms with E-state index in [0.717, 1.165) is 34.3 Å². The molecule has 118 valence electrons.